The Morgan fingerprint density at radius 1 is 1.41 bits per heavy atom. The van der Waals surface area contributed by atoms with Crippen molar-refractivity contribution in [1.82, 2.24) is 14.5 Å². The minimum atomic E-state index is -3.85. The maximum atomic E-state index is 13.2. The van der Waals surface area contributed by atoms with Crippen LogP contribution in [0.3, 0.4) is 0 Å². The summed E-state index contributed by atoms with van der Waals surface area (Å²) in [6.07, 6.45) is -0.435. The van der Waals surface area contributed by atoms with Crippen LogP contribution in [0.1, 0.15) is 27.7 Å². The van der Waals surface area contributed by atoms with Crippen LogP contribution < -0.4 is 10.1 Å². The van der Waals surface area contributed by atoms with Gasteiger partial charge < -0.3 is 20.1 Å². The molecule has 1 aromatic carbocycles. The molecule has 0 fully saturated rings. The van der Waals surface area contributed by atoms with Gasteiger partial charge in [0.1, 0.15) is 16.7 Å². The number of hydrogen-bond donors (Lipinski definition) is 2. The van der Waals surface area contributed by atoms with Crippen molar-refractivity contribution in [2.75, 3.05) is 26.7 Å². The van der Waals surface area contributed by atoms with Crippen LogP contribution in [-0.4, -0.2) is 73.7 Å². The largest absolute Gasteiger partial charge is 0.487 e. The van der Waals surface area contributed by atoms with Crippen LogP contribution in [-0.2, 0) is 10.0 Å². The number of carbonyl (C=O) groups is 1. The number of sulfonamides is 1. The van der Waals surface area contributed by atoms with Crippen LogP contribution in [0.25, 0.3) is 0 Å². The standard InChI is InChI=1S/C19H30BrN3O5S/c1-12(2)21-19(25)22(5)10-17-13(3)9-23(14(4)11-24)29(26,27)18-7-6-15(20)8-16(18)28-17/h6-8,12-14,17,24H,9-11H2,1-5H3,(H,21,25)/t13-,14+,17+/m1/s1. The summed E-state index contributed by atoms with van der Waals surface area (Å²) >= 11 is 3.36. The van der Waals surface area contributed by atoms with E-state index in [0.717, 1.165) is 0 Å². The summed E-state index contributed by atoms with van der Waals surface area (Å²) in [4.78, 5) is 13.9. The van der Waals surface area contributed by atoms with Gasteiger partial charge in [-0.2, -0.15) is 4.31 Å². The van der Waals surface area contributed by atoms with Gasteiger partial charge in [0.15, 0.2) is 0 Å². The summed E-state index contributed by atoms with van der Waals surface area (Å²) in [6.45, 7) is 7.48. The molecule has 0 bridgehead atoms. The van der Waals surface area contributed by atoms with Crippen molar-refractivity contribution in [2.24, 2.45) is 5.92 Å². The summed E-state index contributed by atoms with van der Waals surface area (Å²) in [6, 6.07) is 3.95. The van der Waals surface area contributed by atoms with Crippen LogP contribution in [0, 0.1) is 5.92 Å². The fraction of sp³-hybridized carbons (Fsp3) is 0.632. The second-order valence-electron chi connectivity index (χ2n) is 7.82. The number of amides is 2. The molecule has 1 heterocycles. The minimum absolute atomic E-state index is 0.00310. The van der Waals surface area contributed by atoms with E-state index in [1.54, 1.807) is 26.1 Å². The van der Waals surface area contributed by atoms with Crippen molar-refractivity contribution < 1.29 is 23.1 Å². The molecule has 10 heteroatoms. The lowest BCUT2D eigenvalue weighted by atomic mass is 10.0. The highest BCUT2D eigenvalue weighted by molar-refractivity contribution is 9.10. The fourth-order valence-corrected chi connectivity index (χ4v) is 5.29. The predicted octanol–water partition coefficient (Wildman–Crippen LogP) is 2.27. The number of fused-ring (bicyclic) bond motifs is 1. The Bertz CT molecular complexity index is 833. The molecule has 0 spiro atoms. The lowest BCUT2D eigenvalue weighted by Crippen LogP contribution is -2.51. The molecule has 1 aliphatic heterocycles. The summed E-state index contributed by atoms with van der Waals surface area (Å²) in [7, 11) is -2.17. The van der Waals surface area contributed by atoms with E-state index in [4.69, 9.17) is 4.74 Å². The summed E-state index contributed by atoms with van der Waals surface area (Å²) in [5, 5.41) is 12.5. The molecule has 2 amide bonds. The van der Waals surface area contributed by atoms with Gasteiger partial charge in [-0.15, -0.1) is 0 Å². The SMILES string of the molecule is CC(C)NC(=O)N(C)C[C@@H]1Oc2cc(Br)ccc2S(=O)(=O)N([C@@H](C)CO)C[C@H]1C. The van der Waals surface area contributed by atoms with E-state index >= 15 is 0 Å². The Hall–Kier alpha value is -1.36. The number of halogens is 1. The molecule has 2 N–H and O–H groups in total. The van der Waals surface area contributed by atoms with Crippen molar-refractivity contribution in [1.29, 1.82) is 0 Å². The number of hydrogen-bond acceptors (Lipinski definition) is 5. The van der Waals surface area contributed by atoms with Gasteiger partial charge in [0.05, 0.1) is 13.2 Å². The zero-order chi connectivity index (χ0) is 21.9. The van der Waals surface area contributed by atoms with E-state index in [-0.39, 0.29) is 48.3 Å². The summed E-state index contributed by atoms with van der Waals surface area (Å²) < 4.78 is 34.6. The number of aliphatic hydroxyl groups excluding tert-OH is 1. The van der Waals surface area contributed by atoms with E-state index in [2.05, 4.69) is 21.2 Å². The monoisotopic (exact) mass is 491 g/mol. The number of ether oxygens (including phenoxy) is 1. The molecule has 0 saturated carbocycles. The molecule has 0 aliphatic carbocycles. The van der Waals surface area contributed by atoms with Crippen LogP contribution >= 0.6 is 15.9 Å². The number of aliphatic hydroxyl groups is 1. The Kier molecular flexibility index (Phi) is 7.94. The van der Waals surface area contributed by atoms with Crippen molar-refractivity contribution in [3.05, 3.63) is 22.7 Å². The van der Waals surface area contributed by atoms with Gasteiger partial charge in [0.2, 0.25) is 10.0 Å². The predicted molar refractivity (Wildman–Crippen MR) is 114 cm³/mol. The molecular formula is C19H30BrN3O5S. The maximum Gasteiger partial charge on any atom is 0.317 e. The molecule has 0 unspecified atom stereocenters. The van der Waals surface area contributed by atoms with Crippen molar-refractivity contribution in [3.63, 3.8) is 0 Å². The Morgan fingerprint density at radius 3 is 2.66 bits per heavy atom. The second kappa shape index (κ2) is 9.63. The van der Waals surface area contributed by atoms with Crippen LogP contribution in [0.4, 0.5) is 4.79 Å². The van der Waals surface area contributed by atoms with E-state index in [0.29, 0.717) is 4.47 Å². The van der Waals surface area contributed by atoms with Gasteiger partial charge in [-0.25, -0.2) is 13.2 Å². The molecule has 164 valence electrons. The van der Waals surface area contributed by atoms with Gasteiger partial charge in [0.25, 0.3) is 0 Å². The van der Waals surface area contributed by atoms with Crippen LogP contribution in [0.15, 0.2) is 27.6 Å². The number of benzene rings is 1. The second-order valence-corrected chi connectivity index (χ2v) is 10.6. The third kappa shape index (κ3) is 5.62. The van der Waals surface area contributed by atoms with Crippen molar-refractivity contribution in [3.8, 4) is 5.75 Å². The first kappa shape index (κ1) is 23.9. The highest BCUT2D eigenvalue weighted by Gasteiger charge is 2.38. The number of rotatable bonds is 5. The average Bonchev–Trinajstić information content (AvgIpc) is 2.63. The number of likely N-dealkylation sites (N-methyl/N-ethyl adjacent to an activating group) is 1. The van der Waals surface area contributed by atoms with Gasteiger partial charge >= 0.3 is 6.03 Å². The molecule has 29 heavy (non-hydrogen) atoms. The third-order valence-corrected chi connectivity index (χ3v) is 7.35. The van der Waals surface area contributed by atoms with E-state index in [9.17, 15) is 18.3 Å². The molecular weight excluding hydrogens is 462 g/mol. The molecule has 0 radical (unpaired) electrons. The van der Waals surface area contributed by atoms with Crippen molar-refractivity contribution >= 4 is 32.0 Å². The van der Waals surface area contributed by atoms with Crippen LogP contribution in [0.2, 0.25) is 0 Å². The topological polar surface area (TPSA) is 99.2 Å². The van der Waals surface area contributed by atoms with Gasteiger partial charge in [-0.3, -0.25) is 0 Å². The van der Waals surface area contributed by atoms with E-state index in [1.807, 2.05) is 20.8 Å². The summed E-state index contributed by atoms with van der Waals surface area (Å²) in [5.74, 6) is 0.00365. The van der Waals surface area contributed by atoms with Crippen molar-refractivity contribution in [2.45, 2.75) is 50.8 Å². The lowest BCUT2D eigenvalue weighted by Gasteiger charge is -2.37. The Balaban J connectivity index is 2.43. The normalized spacial score (nSPS) is 22.8. The number of nitrogens with one attached hydrogen (secondary N) is 1. The van der Waals surface area contributed by atoms with E-state index in [1.165, 1.54) is 15.3 Å². The molecule has 0 aromatic heterocycles. The molecule has 1 aliphatic rings. The summed E-state index contributed by atoms with van der Waals surface area (Å²) in [5.41, 5.74) is 0. The molecule has 3 atom stereocenters. The molecule has 1 aromatic rings. The third-order valence-electron chi connectivity index (χ3n) is 4.84. The Morgan fingerprint density at radius 2 is 2.07 bits per heavy atom. The number of nitrogens with zero attached hydrogens (tertiary/aromatic N) is 2. The highest BCUT2D eigenvalue weighted by atomic mass is 79.9. The van der Waals surface area contributed by atoms with Gasteiger partial charge in [0, 0.05) is 36.1 Å². The smallest absolute Gasteiger partial charge is 0.317 e. The average molecular weight is 492 g/mol. The first-order valence-corrected chi connectivity index (χ1v) is 11.8. The quantitative estimate of drug-likeness (QED) is 0.657. The van der Waals surface area contributed by atoms with E-state index < -0.39 is 22.2 Å². The Labute approximate surface area is 181 Å². The lowest BCUT2D eigenvalue weighted by molar-refractivity contribution is 0.0809. The first-order chi connectivity index (χ1) is 13.5. The van der Waals surface area contributed by atoms with Gasteiger partial charge in [-0.1, -0.05) is 22.9 Å². The number of urea groups is 1. The zero-order valence-electron chi connectivity index (χ0n) is 17.4. The molecule has 8 nitrogen and oxygen atoms in total. The molecule has 2 rings (SSSR count). The van der Waals surface area contributed by atoms with Crippen LogP contribution in [0.5, 0.6) is 5.75 Å². The molecule has 0 saturated heterocycles. The zero-order valence-corrected chi connectivity index (χ0v) is 19.8. The maximum absolute atomic E-state index is 13.2. The van der Waals surface area contributed by atoms with Gasteiger partial charge in [-0.05, 0) is 39.0 Å². The minimum Gasteiger partial charge on any atom is -0.487 e. The fourth-order valence-electron chi connectivity index (χ4n) is 3.13. The number of carbonyl (C=O) groups excluding carboxylic acids is 1. The highest BCUT2D eigenvalue weighted by Crippen LogP contribution is 2.35. The first-order valence-electron chi connectivity index (χ1n) is 9.57.